The molecule has 0 saturated carbocycles. The molecule has 1 atom stereocenters. The number of hydrogen-bond donors (Lipinski definition) is 2. The minimum Gasteiger partial charge on any atom is -0.383 e. The number of benzene rings is 2. The fourth-order valence-electron chi connectivity index (χ4n) is 4.96. The quantitative estimate of drug-likeness (QED) is 0.750. The van der Waals surface area contributed by atoms with E-state index in [0.29, 0.717) is 0 Å². The molecule has 0 spiro atoms. The summed E-state index contributed by atoms with van der Waals surface area (Å²) in [5.74, 6) is 0. The van der Waals surface area contributed by atoms with Crippen LogP contribution in [0.25, 0.3) is 5.70 Å². The standard InChI is InChI=1S/C26H35N5/c1-29-16-18-31(19-17-29)22-10-8-21(9-11-22)25-20-26(23-6-2-3-7-24(23)28-25)27-12-15-30-13-4-5-14-30/h2-3,6-11,20,25,27-28H,4-5,12-19H2,1H3. The highest BCUT2D eigenvalue weighted by atomic mass is 15.2. The highest BCUT2D eigenvalue weighted by molar-refractivity contribution is 5.79. The minimum absolute atomic E-state index is 0.186. The Morgan fingerprint density at radius 2 is 1.65 bits per heavy atom. The molecule has 164 valence electrons. The molecule has 5 rings (SSSR count). The SMILES string of the molecule is CN1CCN(c2ccc(C3C=C(NCCN4CCCC4)c4ccccc4N3)cc2)CC1. The van der Waals surface area contributed by atoms with Gasteiger partial charge in [-0.2, -0.15) is 0 Å². The summed E-state index contributed by atoms with van der Waals surface area (Å²) in [4.78, 5) is 7.46. The number of nitrogens with zero attached hydrogens (tertiary/aromatic N) is 3. The van der Waals surface area contributed by atoms with E-state index in [1.54, 1.807) is 0 Å². The van der Waals surface area contributed by atoms with Crippen molar-refractivity contribution in [1.29, 1.82) is 0 Å². The van der Waals surface area contributed by atoms with Crippen LogP contribution in [0, 0.1) is 0 Å². The third-order valence-corrected chi connectivity index (χ3v) is 6.92. The van der Waals surface area contributed by atoms with E-state index < -0.39 is 0 Å². The average molecular weight is 418 g/mol. The van der Waals surface area contributed by atoms with Gasteiger partial charge in [0.2, 0.25) is 0 Å². The number of nitrogens with one attached hydrogen (secondary N) is 2. The van der Waals surface area contributed by atoms with E-state index >= 15 is 0 Å². The van der Waals surface area contributed by atoms with Crippen molar-refractivity contribution in [2.75, 3.05) is 69.6 Å². The van der Waals surface area contributed by atoms with Crippen molar-refractivity contribution in [3.8, 4) is 0 Å². The van der Waals surface area contributed by atoms with Crippen LogP contribution in [0.4, 0.5) is 11.4 Å². The third-order valence-electron chi connectivity index (χ3n) is 6.92. The van der Waals surface area contributed by atoms with Gasteiger partial charge in [-0.25, -0.2) is 0 Å². The van der Waals surface area contributed by atoms with Crippen molar-refractivity contribution >= 4 is 17.1 Å². The predicted octanol–water partition coefficient (Wildman–Crippen LogP) is 3.63. The number of anilines is 2. The maximum atomic E-state index is 3.74. The van der Waals surface area contributed by atoms with Crippen LogP contribution >= 0.6 is 0 Å². The lowest BCUT2D eigenvalue weighted by Crippen LogP contribution is -2.44. The van der Waals surface area contributed by atoms with Crippen molar-refractivity contribution in [2.45, 2.75) is 18.9 Å². The van der Waals surface area contributed by atoms with Gasteiger partial charge in [0.15, 0.2) is 0 Å². The highest BCUT2D eigenvalue weighted by Gasteiger charge is 2.21. The monoisotopic (exact) mass is 417 g/mol. The summed E-state index contributed by atoms with van der Waals surface area (Å²) in [7, 11) is 2.20. The van der Waals surface area contributed by atoms with Gasteiger partial charge in [0, 0.05) is 61.9 Å². The molecule has 1 unspecified atom stereocenters. The fourth-order valence-corrected chi connectivity index (χ4v) is 4.96. The number of fused-ring (bicyclic) bond motifs is 1. The Morgan fingerprint density at radius 3 is 2.42 bits per heavy atom. The first-order valence-corrected chi connectivity index (χ1v) is 11.8. The second-order valence-corrected chi connectivity index (χ2v) is 9.11. The summed E-state index contributed by atoms with van der Waals surface area (Å²) in [6.07, 6.45) is 5.06. The molecule has 3 heterocycles. The Hall–Kier alpha value is -2.50. The van der Waals surface area contributed by atoms with Gasteiger partial charge < -0.3 is 25.3 Å². The minimum atomic E-state index is 0.186. The van der Waals surface area contributed by atoms with Crippen LogP contribution in [-0.2, 0) is 0 Å². The summed E-state index contributed by atoms with van der Waals surface area (Å²) in [5, 5.41) is 7.47. The number of rotatable bonds is 6. The Balaban J connectivity index is 1.30. The first kappa shape index (κ1) is 20.4. The molecule has 0 amide bonds. The highest BCUT2D eigenvalue weighted by Crippen LogP contribution is 2.34. The molecule has 2 aromatic carbocycles. The van der Waals surface area contributed by atoms with E-state index in [1.807, 2.05) is 0 Å². The Labute approximate surface area is 186 Å². The number of likely N-dealkylation sites (N-methyl/N-ethyl adjacent to an activating group) is 1. The van der Waals surface area contributed by atoms with Crippen LogP contribution in [0.1, 0.15) is 30.0 Å². The zero-order valence-corrected chi connectivity index (χ0v) is 18.7. The van der Waals surface area contributed by atoms with Crippen LogP contribution in [-0.4, -0.2) is 69.2 Å². The van der Waals surface area contributed by atoms with E-state index in [-0.39, 0.29) is 6.04 Å². The molecule has 5 heteroatoms. The molecule has 0 aromatic heterocycles. The Bertz CT molecular complexity index is 892. The molecule has 0 aliphatic carbocycles. The van der Waals surface area contributed by atoms with Gasteiger partial charge in [0.05, 0.1) is 6.04 Å². The molecule has 5 nitrogen and oxygen atoms in total. The van der Waals surface area contributed by atoms with Gasteiger partial charge in [-0.1, -0.05) is 30.3 Å². The molecule has 2 saturated heterocycles. The molecule has 2 fully saturated rings. The van der Waals surface area contributed by atoms with E-state index in [2.05, 4.69) is 87.0 Å². The van der Waals surface area contributed by atoms with Crippen LogP contribution < -0.4 is 15.5 Å². The van der Waals surface area contributed by atoms with Crippen molar-refractivity contribution in [3.05, 3.63) is 65.7 Å². The number of hydrogen-bond acceptors (Lipinski definition) is 5. The Morgan fingerprint density at radius 1 is 0.903 bits per heavy atom. The largest absolute Gasteiger partial charge is 0.383 e. The van der Waals surface area contributed by atoms with E-state index in [4.69, 9.17) is 0 Å². The molecule has 0 radical (unpaired) electrons. The first-order valence-electron chi connectivity index (χ1n) is 11.8. The van der Waals surface area contributed by atoms with Crippen LogP contribution in [0.15, 0.2) is 54.6 Å². The lowest BCUT2D eigenvalue weighted by Gasteiger charge is -2.34. The normalized spacial score (nSPS) is 22.0. The molecular weight excluding hydrogens is 382 g/mol. The van der Waals surface area contributed by atoms with Gasteiger partial charge in [-0.15, -0.1) is 0 Å². The summed E-state index contributed by atoms with van der Waals surface area (Å²) in [5.41, 5.74) is 6.38. The third kappa shape index (κ3) is 4.73. The fraction of sp³-hybridized carbons (Fsp3) is 0.462. The molecule has 3 aliphatic heterocycles. The molecule has 2 aromatic rings. The van der Waals surface area contributed by atoms with Gasteiger partial charge in [-0.05, 0) is 62.8 Å². The number of para-hydroxylation sites is 1. The van der Waals surface area contributed by atoms with Gasteiger partial charge in [-0.3, -0.25) is 0 Å². The van der Waals surface area contributed by atoms with Gasteiger partial charge in [0.25, 0.3) is 0 Å². The number of likely N-dealkylation sites (tertiary alicyclic amines) is 1. The summed E-state index contributed by atoms with van der Waals surface area (Å²) >= 11 is 0. The molecule has 2 N–H and O–H groups in total. The van der Waals surface area contributed by atoms with E-state index in [1.165, 1.54) is 54.1 Å². The van der Waals surface area contributed by atoms with Crippen molar-refractivity contribution in [1.82, 2.24) is 15.1 Å². The zero-order valence-electron chi connectivity index (χ0n) is 18.7. The van der Waals surface area contributed by atoms with Crippen LogP contribution in [0.2, 0.25) is 0 Å². The molecule has 31 heavy (non-hydrogen) atoms. The molecule has 3 aliphatic rings. The summed E-state index contributed by atoms with van der Waals surface area (Å²) in [6, 6.07) is 18.0. The maximum Gasteiger partial charge on any atom is 0.0721 e. The molecular formula is C26H35N5. The Kier molecular flexibility index (Phi) is 6.14. The summed E-state index contributed by atoms with van der Waals surface area (Å²) < 4.78 is 0. The van der Waals surface area contributed by atoms with Crippen LogP contribution in [0.5, 0.6) is 0 Å². The lowest BCUT2D eigenvalue weighted by molar-refractivity contribution is 0.313. The molecule has 0 bridgehead atoms. The maximum absolute atomic E-state index is 3.74. The van der Waals surface area contributed by atoms with Crippen molar-refractivity contribution < 1.29 is 0 Å². The second kappa shape index (κ2) is 9.33. The van der Waals surface area contributed by atoms with E-state index in [9.17, 15) is 0 Å². The van der Waals surface area contributed by atoms with Crippen LogP contribution in [0.3, 0.4) is 0 Å². The smallest absolute Gasteiger partial charge is 0.0721 e. The second-order valence-electron chi connectivity index (χ2n) is 9.11. The lowest BCUT2D eigenvalue weighted by atomic mass is 9.97. The topological polar surface area (TPSA) is 33.8 Å². The summed E-state index contributed by atoms with van der Waals surface area (Å²) in [6.45, 7) is 9.11. The van der Waals surface area contributed by atoms with Gasteiger partial charge >= 0.3 is 0 Å². The zero-order chi connectivity index (χ0) is 21.0. The first-order chi connectivity index (χ1) is 15.3. The van der Waals surface area contributed by atoms with Crippen molar-refractivity contribution in [2.24, 2.45) is 0 Å². The van der Waals surface area contributed by atoms with E-state index in [0.717, 1.165) is 39.3 Å². The average Bonchev–Trinajstić information content (AvgIpc) is 3.33. The predicted molar refractivity (Wildman–Crippen MR) is 131 cm³/mol. The number of piperazine rings is 1. The van der Waals surface area contributed by atoms with Gasteiger partial charge in [0.1, 0.15) is 0 Å². The van der Waals surface area contributed by atoms with Crippen molar-refractivity contribution in [3.63, 3.8) is 0 Å².